The van der Waals surface area contributed by atoms with Crippen LogP contribution in [0.5, 0.6) is 0 Å². The molecule has 1 atom stereocenters. The average molecular weight is 237 g/mol. The second-order valence-electron chi connectivity index (χ2n) is 4.28. The van der Waals surface area contributed by atoms with Crippen LogP contribution in [-0.4, -0.2) is 34.5 Å². The first-order valence-electron chi connectivity index (χ1n) is 5.69. The van der Waals surface area contributed by atoms with Gasteiger partial charge in [0.05, 0.1) is 6.26 Å². The zero-order valence-electron chi connectivity index (χ0n) is 9.68. The van der Waals surface area contributed by atoms with E-state index in [1.54, 1.807) is 13.0 Å². The van der Waals surface area contributed by atoms with Gasteiger partial charge in [-0.15, -0.1) is 0 Å². The molecule has 0 radical (unpaired) electrons. The summed E-state index contributed by atoms with van der Waals surface area (Å²) in [5, 5.41) is 9.10. The largest absolute Gasteiger partial charge is 0.480 e. The minimum absolute atomic E-state index is 0.248. The van der Waals surface area contributed by atoms with Gasteiger partial charge in [-0.3, -0.25) is 4.79 Å². The van der Waals surface area contributed by atoms with E-state index < -0.39 is 12.0 Å². The summed E-state index contributed by atoms with van der Waals surface area (Å²) in [6.07, 6.45) is 3.65. The quantitative estimate of drug-likeness (QED) is 0.849. The highest BCUT2D eigenvalue weighted by Gasteiger charge is 2.34. The van der Waals surface area contributed by atoms with Gasteiger partial charge in [-0.1, -0.05) is 0 Å². The normalized spacial score (nSPS) is 20.3. The Balaban J connectivity index is 2.23. The van der Waals surface area contributed by atoms with Gasteiger partial charge in [0, 0.05) is 12.1 Å². The molecule has 1 aliphatic heterocycles. The number of furan rings is 1. The highest BCUT2D eigenvalue weighted by atomic mass is 16.4. The summed E-state index contributed by atoms with van der Waals surface area (Å²) in [7, 11) is 0. The lowest BCUT2D eigenvalue weighted by molar-refractivity contribution is -0.143. The van der Waals surface area contributed by atoms with Gasteiger partial charge in [-0.25, -0.2) is 4.79 Å². The van der Waals surface area contributed by atoms with Crippen LogP contribution < -0.4 is 0 Å². The molecular weight excluding hydrogens is 222 g/mol. The third-order valence-electron chi connectivity index (χ3n) is 3.11. The molecule has 1 aliphatic rings. The van der Waals surface area contributed by atoms with Crippen molar-refractivity contribution in [3.05, 3.63) is 23.7 Å². The van der Waals surface area contributed by atoms with Crippen LogP contribution in [0.3, 0.4) is 0 Å². The van der Waals surface area contributed by atoms with Crippen LogP contribution in [-0.2, 0) is 4.79 Å². The SMILES string of the molecule is Cc1ccoc1C(=O)N1CCCC[C@H]1C(=O)O. The number of carbonyl (C=O) groups is 2. The number of aryl methyl sites for hydroxylation is 1. The zero-order chi connectivity index (χ0) is 12.4. The molecular formula is C12H15NO4. The monoisotopic (exact) mass is 237 g/mol. The topological polar surface area (TPSA) is 70.8 Å². The number of hydrogen-bond acceptors (Lipinski definition) is 3. The predicted octanol–water partition coefficient (Wildman–Crippen LogP) is 1.67. The van der Waals surface area contributed by atoms with E-state index in [9.17, 15) is 9.59 Å². The molecule has 0 unspecified atom stereocenters. The maximum absolute atomic E-state index is 12.2. The smallest absolute Gasteiger partial charge is 0.326 e. The number of rotatable bonds is 2. The Bertz CT molecular complexity index is 437. The summed E-state index contributed by atoms with van der Waals surface area (Å²) in [6, 6.07) is 0.980. The second-order valence-corrected chi connectivity index (χ2v) is 4.28. The van der Waals surface area contributed by atoms with Gasteiger partial charge in [-0.05, 0) is 32.3 Å². The zero-order valence-corrected chi connectivity index (χ0v) is 9.68. The lowest BCUT2D eigenvalue weighted by atomic mass is 10.0. The number of aliphatic carboxylic acids is 1. The van der Waals surface area contributed by atoms with Gasteiger partial charge in [0.25, 0.3) is 5.91 Å². The maximum atomic E-state index is 12.2. The molecule has 0 aliphatic carbocycles. The lowest BCUT2D eigenvalue weighted by Gasteiger charge is -2.32. The van der Waals surface area contributed by atoms with Crippen molar-refractivity contribution in [2.75, 3.05) is 6.54 Å². The van der Waals surface area contributed by atoms with Gasteiger partial charge in [0.15, 0.2) is 5.76 Å². The first-order valence-corrected chi connectivity index (χ1v) is 5.69. The summed E-state index contributed by atoms with van der Waals surface area (Å²) in [4.78, 5) is 24.7. The molecule has 0 saturated carbocycles. The van der Waals surface area contributed by atoms with E-state index in [1.807, 2.05) is 0 Å². The van der Waals surface area contributed by atoms with Gasteiger partial charge in [-0.2, -0.15) is 0 Å². The molecule has 5 heteroatoms. The highest BCUT2D eigenvalue weighted by molar-refractivity contribution is 5.95. The number of likely N-dealkylation sites (tertiary alicyclic amines) is 1. The minimum atomic E-state index is -0.942. The fourth-order valence-corrected chi connectivity index (χ4v) is 2.15. The molecule has 2 rings (SSSR count). The van der Waals surface area contributed by atoms with Gasteiger partial charge in [0.2, 0.25) is 0 Å². The van der Waals surface area contributed by atoms with Crippen molar-refractivity contribution in [1.29, 1.82) is 0 Å². The Kier molecular flexibility index (Phi) is 3.17. The van der Waals surface area contributed by atoms with Crippen molar-refractivity contribution in [2.24, 2.45) is 0 Å². The van der Waals surface area contributed by atoms with Crippen LogP contribution >= 0.6 is 0 Å². The van der Waals surface area contributed by atoms with Crippen molar-refractivity contribution < 1.29 is 19.1 Å². The van der Waals surface area contributed by atoms with Crippen LogP contribution in [0, 0.1) is 6.92 Å². The van der Waals surface area contributed by atoms with E-state index in [0.717, 1.165) is 18.4 Å². The van der Waals surface area contributed by atoms with Crippen LogP contribution in [0.4, 0.5) is 0 Å². The Morgan fingerprint density at radius 1 is 1.47 bits per heavy atom. The molecule has 1 N–H and O–H groups in total. The molecule has 0 spiro atoms. The molecule has 2 heterocycles. The fourth-order valence-electron chi connectivity index (χ4n) is 2.15. The predicted molar refractivity (Wildman–Crippen MR) is 59.8 cm³/mol. The number of carboxylic acid groups (broad SMARTS) is 1. The molecule has 1 amide bonds. The van der Waals surface area contributed by atoms with E-state index in [0.29, 0.717) is 13.0 Å². The van der Waals surface area contributed by atoms with Gasteiger partial charge in [0.1, 0.15) is 6.04 Å². The number of amides is 1. The van der Waals surface area contributed by atoms with Crippen LogP contribution in [0.25, 0.3) is 0 Å². The number of carbonyl (C=O) groups excluding carboxylic acids is 1. The van der Waals surface area contributed by atoms with E-state index in [4.69, 9.17) is 9.52 Å². The summed E-state index contributed by atoms with van der Waals surface area (Å²) in [5.74, 6) is -1.01. The summed E-state index contributed by atoms with van der Waals surface area (Å²) in [6.45, 7) is 2.26. The van der Waals surface area contributed by atoms with Gasteiger partial charge >= 0.3 is 5.97 Å². The molecule has 92 valence electrons. The van der Waals surface area contributed by atoms with E-state index in [2.05, 4.69) is 0 Å². The molecule has 0 aromatic carbocycles. The van der Waals surface area contributed by atoms with E-state index >= 15 is 0 Å². The Labute approximate surface area is 99.0 Å². The molecule has 1 fully saturated rings. The highest BCUT2D eigenvalue weighted by Crippen LogP contribution is 2.21. The van der Waals surface area contributed by atoms with Gasteiger partial charge < -0.3 is 14.4 Å². The summed E-state index contributed by atoms with van der Waals surface area (Å²) < 4.78 is 5.12. The number of carboxylic acids is 1. The Morgan fingerprint density at radius 3 is 2.82 bits per heavy atom. The summed E-state index contributed by atoms with van der Waals surface area (Å²) in [5.41, 5.74) is 0.740. The van der Waals surface area contributed by atoms with Crippen LogP contribution in [0.2, 0.25) is 0 Å². The second kappa shape index (κ2) is 4.61. The lowest BCUT2D eigenvalue weighted by Crippen LogP contribution is -2.48. The van der Waals surface area contributed by atoms with Crippen LogP contribution in [0.1, 0.15) is 35.4 Å². The Morgan fingerprint density at radius 2 is 2.24 bits per heavy atom. The molecule has 17 heavy (non-hydrogen) atoms. The van der Waals surface area contributed by atoms with Crippen molar-refractivity contribution in [1.82, 2.24) is 4.90 Å². The minimum Gasteiger partial charge on any atom is -0.480 e. The van der Waals surface area contributed by atoms with Crippen molar-refractivity contribution in [2.45, 2.75) is 32.2 Å². The molecule has 1 aromatic heterocycles. The third-order valence-corrected chi connectivity index (χ3v) is 3.11. The third kappa shape index (κ3) is 2.18. The summed E-state index contributed by atoms with van der Waals surface area (Å²) >= 11 is 0. The van der Waals surface area contributed by atoms with Crippen molar-refractivity contribution >= 4 is 11.9 Å². The van der Waals surface area contributed by atoms with Crippen molar-refractivity contribution in [3.63, 3.8) is 0 Å². The number of hydrogen-bond donors (Lipinski definition) is 1. The molecule has 0 bridgehead atoms. The van der Waals surface area contributed by atoms with E-state index in [1.165, 1.54) is 11.2 Å². The van der Waals surface area contributed by atoms with Crippen LogP contribution in [0.15, 0.2) is 16.7 Å². The maximum Gasteiger partial charge on any atom is 0.326 e. The number of piperidine rings is 1. The molecule has 1 saturated heterocycles. The molecule has 5 nitrogen and oxygen atoms in total. The molecule has 1 aromatic rings. The van der Waals surface area contributed by atoms with Crippen molar-refractivity contribution in [3.8, 4) is 0 Å². The first-order chi connectivity index (χ1) is 8.11. The fraction of sp³-hybridized carbons (Fsp3) is 0.500. The number of nitrogens with zero attached hydrogens (tertiary/aromatic N) is 1. The Hall–Kier alpha value is -1.78. The average Bonchev–Trinajstić information content (AvgIpc) is 2.74. The standard InChI is InChI=1S/C12H15NO4/c1-8-5-7-17-10(8)11(14)13-6-3-2-4-9(13)12(15)16/h5,7,9H,2-4,6H2,1H3,(H,15,16)/t9-/m0/s1. The first kappa shape index (κ1) is 11.7. The van der Waals surface area contributed by atoms with E-state index in [-0.39, 0.29) is 11.7 Å².